The van der Waals surface area contributed by atoms with Crippen LogP contribution in [0.15, 0.2) is 83.8 Å². The van der Waals surface area contributed by atoms with Gasteiger partial charge in [0.25, 0.3) is 5.91 Å². The molecule has 3 aromatic rings. The molecule has 5 nitrogen and oxygen atoms in total. The Morgan fingerprint density at radius 1 is 0.788 bits per heavy atom. The molecule has 0 unspecified atom stereocenters. The Morgan fingerprint density at radius 3 is 2.18 bits per heavy atom. The van der Waals surface area contributed by atoms with E-state index in [1.165, 1.54) is 25.7 Å². The monoisotopic (exact) mass is 462 g/mol. The zero-order valence-corrected chi connectivity index (χ0v) is 19.5. The Labute approximate surface area is 196 Å². The van der Waals surface area contributed by atoms with E-state index in [-0.39, 0.29) is 23.4 Å². The first-order chi connectivity index (χ1) is 16.0. The highest BCUT2D eigenvalue weighted by molar-refractivity contribution is 7.89. The van der Waals surface area contributed by atoms with Crippen molar-refractivity contribution in [2.45, 2.75) is 56.0 Å². The van der Waals surface area contributed by atoms with E-state index in [0.29, 0.717) is 5.56 Å². The minimum absolute atomic E-state index is 0.0481. The second kappa shape index (κ2) is 10.8. The molecule has 6 heteroatoms. The molecule has 0 radical (unpaired) electrons. The summed E-state index contributed by atoms with van der Waals surface area (Å²) >= 11 is 0. The van der Waals surface area contributed by atoms with Gasteiger partial charge in [-0.1, -0.05) is 80.3 Å². The maximum atomic E-state index is 12.8. The predicted octanol–water partition coefficient (Wildman–Crippen LogP) is 5.28. The molecule has 1 aliphatic rings. The van der Waals surface area contributed by atoms with Gasteiger partial charge in [0.05, 0.1) is 4.90 Å². The quantitative estimate of drug-likeness (QED) is 0.469. The molecule has 0 atom stereocenters. The van der Waals surface area contributed by atoms with Gasteiger partial charge in [0, 0.05) is 18.2 Å². The van der Waals surface area contributed by atoms with Crippen molar-refractivity contribution in [2.75, 3.05) is 0 Å². The lowest BCUT2D eigenvalue weighted by Crippen LogP contribution is -2.34. The maximum absolute atomic E-state index is 12.8. The molecule has 172 valence electrons. The summed E-state index contributed by atoms with van der Waals surface area (Å²) < 4.78 is 27.9. The van der Waals surface area contributed by atoms with Gasteiger partial charge in [-0.3, -0.25) is 4.79 Å². The molecular formula is C27H30N2O3S. The van der Waals surface area contributed by atoms with Crippen LogP contribution in [0.1, 0.15) is 54.4 Å². The molecule has 2 N–H and O–H groups in total. The Bertz CT molecular complexity index is 1170. The largest absolute Gasteiger partial charge is 0.349 e. The van der Waals surface area contributed by atoms with Crippen molar-refractivity contribution < 1.29 is 13.2 Å². The molecule has 1 saturated carbocycles. The number of nitrogens with one attached hydrogen (secondary N) is 2. The van der Waals surface area contributed by atoms with Crippen molar-refractivity contribution in [3.8, 4) is 11.1 Å². The highest BCUT2D eigenvalue weighted by Crippen LogP contribution is 2.23. The Balaban J connectivity index is 1.43. The number of carbonyl (C=O) groups is 1. The first-order valence-electron chi connectivity index (χ1n) is 11.6. The third kappa shape index (κ3) is 6.30. The molecule has 0 aliphatic heterocycles. The summed E-state index contributed by atoms with van der Waals surface area (Å²) in [7, 11) is -3.61. The summed E-state index contributed by atoms with van der Waals surface area (Å²) in [4.78, 5) is 13.0. The van der Waals surface area contributed by atoms with Crippen LogP contribution < -0.4 is 10.0 Å². The topological polar surface area (TPSA) is 75.3 Å². The molecule has 1 fully saturated rings. The Kier molecular flexibility index (Phi) is 7.57. The fourth-order valence-electron chi connectivity index (χ4n) is 4.22. The number of carbonyl (C=O) groups excluding carboxylic acids is 1. The predicted molar refractivity (Wildman–Crippen MR) is 131 cm³/mol. The number of rotatable bonds is 7. The van der Waals surface area contributed by atoms with E-state index in [2.05, 4.69) is 10.0 Å². The highest BCUT2D eigenvalue weighted by Gasteiger charge is 2.17. The Morgan fingerprint density at radius 2 is 1.48 bits per heavy atom. The van der Waals surface area contributed by atoms with Gasteiger partial charge in [-0.05, 0) is 53.8 Å². The number of hydrogen-bond acceptors (Lipinski definition) is 3. The fraction of sp³-hybridized carbons (Fsp3) is 0.296. The van der Waals surface area contributed by atoms with Crippen LogP contribution in [0.3, 0.4) is 0 Å². The van der Waals surface area contributed by atoms with Crippen molar-refractivity contribution in [1.82, 2.24) is 10.0 Å². The standard InChI is InChI=1S/C27H30N2O3S/c30-27(29-25-13-6-1-2-7-14-25)24-12-8-11-23(19-24)22-15-17-26(18-16-22)33(31,32)28-20-21-9-4-3-5-10-21/h3-5,8-12,15-19,25,28H,1-2,6-7,13-14,20H2,(H,29,30). The summed E-state index contributed by atoms with van der Waals surface area (Å²) in [5.41, 5.74) is 3.26. The molecule has 3 aromatic carbocycles. The van der Waals surface area contributed by atoms with Crippen molar-refractivity contribution >= 4 is 15.9 Å². The molecule has 1 amide bonds. The Hall–Kier alpha value is -2.96. The summed E-state index contributed by atoms with van der Waals surface area (Å²) in [6, 6.07) is 23.9. The van der Waals surface area contributed by atoms with E-state index >= 15 is 0 Å². The van der Waals surface area contributed by atoms with Gasteiger partial charge in [0.15, 0.2) is 0 Å². The maximum Gasteiger partial charge on any atom is 0.251 e. The third-order valence-corrected chi connectivity index (χ3v) is 7.54. The van der Waals surface area contributed by atoms with Crippen LogP contribution in [0.2, 0.25) is 0 Å². The molecule has 4 rings (SSSR count). The SMILES string of the molecule is O=C(NC1CCCCCC1)c1cccc(-c2ccc(S(=O)(=O)NCc3ccccc3)cc2)c1. The van der Waals surface area contributed by atoms with Gasteiger partial charge >= 0.3 is 0 Å². The van der Waals surface area contributed by atoms with Gasteiger partial charge in [-0.15, -0.1) is 0 Å². The molecule has 1 aliphatic carbocycles. The van der Waals surface area contributed by atoms with Crippen LogP contribution in [0.4, 0.5) is 0 Å². The number of benzene rings is 3. The van der Waals surface area contributed by atoms with Gasteiger partial charge in [0.2, 0.25) is 10.0 Å². The molecule has 0 spiro atoms. The second-order valence-corrected chi connectivity index (χ2v) is 10.3. The average molecular weight is 463 g/mol. The average Bonchev–Trinajstić information content (AvgIpc) is 3.12. The van der Waals surface area contributed by atoms with Crippen LogP contribution in [0.25, 0.3) is 11.1 Å². The highest BCUT2D eigenvalue weighted by atomic mass is 32.2. The van der Waals surface area contributed by atoms with Crippen LogP contribution in [-0.2, 0) is 16.6 Å². The normalized spacial score (nSPS) is 15.0. The second-order valence-electron chi connectivity index (χ2n) is 8.58. The smallest absolute Gasteiger partial charge is 0.251 e. The van der Waals surface area contributed by atoms with Gasteiger partial charge in [0.1, 0.15) is 0 Å². The number of hydrogen-bond donors (Lipinski definition) is 2. The molecule has 33 heavy (non-hydrogen) atoms. The van der Waals surface area contributed by atoms with Crippen molar-refractivity contribution in [2.24, 2.45) is 0 Å². The van der Waals surface area contributed by atoms with Crippen LogP contribution in [0, 0.1) is 0 Å². The van der Waals surface area contributed by atoms with E-state index in [0.717, 1.165) is 29.5 Å². The molecule has 0 heterocycles. The first-order valence-corrected chi connectivity index (χ1v) is 13.0. The number of sulfonamides is 1. The minimum Gasteiger partial charge on any atom is -0.349 e. The van der Waals surface area contributed by atoms with E-state index < -0.39 is 10.0 Å². The summed E-state index contributed by atoms with van der Waals surface area (Å²) in [6.45, 7) is 0.239. The van der Waals surface area contributed by atoms with E-state index in [9.17, 15) is 13.2 Å². The molecule has 0 aromatic heterocycles. The van der Waals surface area contributed by atoms with Crippen LogP contribution in [-0.4, -0.2) is 20.4 Å². The fourth-order valence-corrected chi connectivity index (χ4v) is 5.23. The van der Waals surface area contributed by atoms with Crippen LogP contribution >= 0.6 is 0 Å². The van der Waals surface area contributed by atoms with Gasteiger partial charge < -0.3 is 5.32 Å². The minimum atomic E-state index is -3.61. The lowest BCUT2D eigenvalue weighted by atomic mass is 10.0. The van der Waals surface area contributed by atoms with Gasteiger partial charge in [-0.2, -0.15) is 0 Å². The van der Waals surface area contributed by atoms with Crippen LogP contribution in [0.5, 0.6) is 0 Å². The summed E-state index contributed by atoms with van der Waals surface area (Å²) in [5, 5.41) is 3.18. The summed E-state index contributed by atoms with van der Waals surface area (Å²) in [5.74, 6) is -0.0481. The molecule has 0 bridgehead atoms. The third-order valence-electron chi connectivity index (χ3n) is 6.12. The molecule has 0 saturated heterocycles. The van der Waals surface area contributed by atoms with Crippen molar-refractivity contribution in [3.05, 3.63) is 90.0 Å². The number of amides is 1. The zero-order chi connectivity index (χ0) is 23.1. The lowest BCUT2D eigenvalue weighted by Gasteiger charge is -2.16. The molecular weight excluding hydrogens is 432 g/mol. The summed E-state index contributed by atoms with van der Waals surface area (Å²) in [6.07, 6.45) is 6.91. The first kappa shape index (κ1) is 23.2. The van der Waals surface area contributed by atoms with E-state index in [4.69, 9.17) is 0 Å². The van der Waals surface area contributed by atoms with E-state index in [1.807, 2.05) is 54.6 Å². The van der Waals surface area contributed by atoms with Gasteiger partial charge in [-0.25, -0.2) is 13.1 Å². The zero-order valence-electron chi connectivity index (χ0n) is 18.7. The van der Waals surface area contributed by atoms with Crippen molar-refractivity contribution in [3.63, 3.8) is 0 Å². The van der Waals surface area contributed by atoms with Crippen molar-refractivity contribution in [1.29, 1.82) is 0 Å². The van der Waals surface area contributed by atoms with E-state index in [1.54, 1.807) is 24.3 Å². The lowest BCUT2D eigenvalue weighted by molar-refractivity contribution is 0.0933.